The Hall–Kier alpha value is -3.66. The summed E-state index contributed by atoms with van der Waals surface area (Å²) < 4.78 is 1.55. The van der Waals surface area contributed by atoms with Crippen LogP contribution in [-0.4, -0.2) is 32.5 Å². The highest BCUT2D eigenvalue weighted by atomic mass is 35.5. The summed E-state index contributed by atoms with van der Waals surface area (Å²) in [4.78, 5) is 33.1. The number of thioether (sulfide) groups is 1. The summed E-state index contributed by atoms with van der Waals surface area (Å²) in [5.41, 5.74) is 4.64. The molecule has 2 aromatic heterocycles. The molecule has 0 atom stereocenters. The first-order chi connectivity index (χ1) is 18.5. The van der Waals surface area contributed by atoms with Crippen LogP contribution in [0.4, 0.5) is 0 Å². The smallest absolute Gasteiger partial charge is 0.267 e. The van der Waals surface area contributed by atoms with Crippen molar-refractivity contribution < 1.29 is 9.90 Å². The van der Waals surface area contributed by atoms with Gasteiger partial charge in [0.15, 0.2) is 5.16 Å². The van der Waals surface area contributed by atoms with Gasteiger partial charge in [-0.1, -0.05) is 53.7 Å². The van der Waals surface area contributed by atoms with E-state index < -0.39 is 0 Å². The first-order valence-electron chi connectivity index (χ1n) is 12.0. The van der Waals surface area contributed by atoms with Crippen molar-refractivity contribution in [3.63, 3.8) is 0 Å². The third-order valence-corrected chi connectivity index (χ3v) is 8.83. The number of carbonyl (C=O) groups excluding carboxylic acids is 1. The molecule has 1 amide bonds. The maximum absolute atomic E-state index is 13.7. The second-order valence-electron chi connectivity index (χ2n) is 8.85. The zero-order valence-corrected chi connectivity index (χ0v) is 22.4. The van der Waals surface area contributed by atoms with Crippen LogP contribution in [0.1, 0.15) is 22.4 Å². The average molecular weight is 561 g/mol. The van der Waals surface area contributed by atoms with Gasteiger partial charge in [-0.3, -0.25) is 14.2 Å². The number of hydrogen-bond donors (Lipinski definition) is 2. The fourth-order valence-electron chi connectivity index (χ4n) is 4.69. The molecule has 6 rings (SSSR count). The molecule has 0 saturated carbocycles. The summed E-state index contributed by atoms with van der Waals surface area (Å²) in [5.74, 6) is -0.296. The number of fused-ring (bicyclic) bond motifs is 4. The summed E-state index contributed by atoms with van der Waals surface area (Å²) in [6, 6.07) is 18.0. The van der Waals surface area contributed by atoms with Gasteiger partial charge in [0.1, 0.15) is 10.6 Å². The van der Waals surface area contributed by atoms with E-state index in [1.165, 1.54) is 22.9 Å². The molecule has 2 heterocycles. The van der Waals surface area contributed by atoms with Gasteiger partial charge in [0.05, 0.1) is 23.0 Å². The van der Waals surface area contributed by atoms with Gasteiger partial charge >= 0.3 is 0 Å². The number of nitrogens with zero attached hydrogens (tertiary/aromatic N) is 3. The van der Waals surface area contributed by atoms with Crippen molar-refractivity contribution in [1.82, 2.24) is 15.0 Å². The Labute approximate surface area is 230 Å². The molecule has 5 aromatic rings. The minimum Gasteiger partial charge on any atom is -0.507 e. The third-order valence-electron chi connectivity index (χ3n) is 6.46. The Bertz CT molecular complexity index is 1790. The van der Waals surface area contributed by atoms with Crippen LogP contribution in [0.3, 0.4) is 0 Å². The van der Waals surface area contributed by atoms with Crippen molar-refractivity contribution in [3.05, 3.63) is 92.0 Å². The lowest BCUT2D eigenvalue weighted by molar-refractivity contribution is -0.118. The van der Waals surface area contributed by atoms with Gasteiger partial charge in [-0.05, 0) is 65.9 Å². The van der Waals surface area contributed by atoms with Gasteiger partial charge in [-0.2, -0.15) is 5.10 Å². The van der Waals surface area contributed by atoms with Crippen molar-refractivity contribution in [2.75, 3.05) is 5.75 Å². The van der Waals surface area contributed by atoms with Crippen molar-refractivity contribution in [2.45, 2.75) is 24.4 Å². The number of amides is 1. The lowest BCUT2D eigenvalue weighted by atomic mass is 10.0. The Balaban J connectivity index is 1.26. The minimum atomic E-state index is -0.364. The van der Waals surface area contributed by atoms with E-state index in [-0.39, 0.29) is 23.0 Å². The number of phenols is 1. The molecule has 10 heteroatoms. The van der Waals surface area contributed by atoms with Crippen LogP contribution in [0.25, 0.3) is 26.7 Å². The highest BCUT2D eigenvalue weighted by Gasteiger charge is 2.24. The van der Waals surface area contributed by atoms with Crippen molar-refractivity contribution in [3.8, 4) is 11.4 Å². The number of carbonyl (C=O) groups is 1. The third kappa shape index (κ3) is 4.57. The van der Waals surface area contributed by atoms with Crippen LogP contribution in [0.2, 0.25) is 5.02 Å². The second-order valence-corrected chi connectivity index (χ2v) is 11.3. The van der Waals surface area contributed by atoms with E-state index in [9.17, 15) is 14.7 Å². The number of hydrazone groups is 1. The molecule has 1 aliphatic carbocycles. The molecule has 38 heavy (non-hydrogen) atoms. The largest absolute Gasteiger partial charge is 0.507 e. The van der Waals surface area contributed by atoms with Crippen LogP contribution in [0, 0.1) is 0 Å². The lowest BCUT2D eigenvalue weighted by Crippen LogP contribution is -2.24. The van der Waals surface area contributed by atoms with Gasteiger partial charge in [-0.15, -0.1) is 11.3 Å². The first-order valence-corrected chi connectivity index (χ1v) is 14.2. The Morgan fingerprint density at radius 2 is 1.97 bits per heavy atom. The van der Waals surface area contributed by atoms with Crippen LogP contribution in [-0.2, 0) is 17.6 Å². The van der Waals surface area contributed by atoms with E-state index in [1.807, 2.05) is 30.3 Å². The van der Waals surface area contributed by atoms with Crippen LogP contribution in [0.5, 0.6) is 5.75 Å². The normalized spacial score (nSPS) is 13.0. The standard InChI is InChI=1S/C28H21ClN4O3S2/c29-17-9-11-18(12-10-17)33-27(36)25-20-6-3-7-23(20)38-26(25)31-28(33)37-15-24(35)32-30-14-21-19-5-2-1-4-16(19)8-13-22(21)34/h1-2,4-5,8-14,34H,3,6-7,15H2,(H,32,35). The lowest BCUT2D eigenvalue weighted by Gasteiger charge is -2.12. The zero-order chi connectivity index (χ0) is 26.2. The fraction of sp³-hybridized carbons (Fsp3) is 0.143. The van der Waals surface area contributed by atoms with E-state index in [0.29, 0.717) is 31.6 Å². The molecule has 0 radical (unpaired) electrons. The molecule has 3 aromatic carbocycles. The Kier molecular flexibility index (Phi) is 6.65. The number of aromatic hydroxyl groups is 1. The molecule has 0 unspecified atom stereocenters. The van der Waals surface area contributed by atoms with Crippen LogP contribution in [0.15, 0.2) is 75.7 Å². The number of benzene rings is 3. The highest BCUT2D eigenvalue weighted by Crippen LogP contribution is 2.36. The number of rotatable bonds is 6. The van der Waals surface area contributed by atoms with Gasteiger partial charge in [0.2, 0.25) is 0 Å². The van der Waals surface area contributed by atoms with E-state index in [1.54, 1.807) is 46.2 Å². The molecule has 0 bridgehead atoms. The van der Waals surface area contributed by atoms with Gasteiger partial charge in [0, 0.05) is 15.5 Å². The van der Waals surface area contributed by atoms with E-state index in [4.69, 9.17) is 16.6 Å². The first kappa shape index (κ1) is 24.7. The Morgan fingerprint density at radius 3 is 2.82 bits per heavy atom. The van der Waals surface area contributed by atoms with Gasteiger partial charge in [-0.25, -0.2) is 10.4 Å². The van der Waals surface area contributed by atoms with Crippen LogP contribution < -0.4 is 11.0 Å². The quantitative estimate of drug-likeness (QED) is 0.120. The molecule has 1 aliphatic rings. The van der Waals surface area contributed by atoms with E-state index >= 15 is 0 Å². The number of thiophene rings is 1. The molecule has 2 N–H and O–H groups in total. The fourth-order valence-corrected chi connectivity index (χ4v) is 6.92. The Morgan fingerprint density at radius 1 is 1.16 bits per heavy atom. The summed E-state index contributed by atoms with van der Waals surface area (Å²) in [6.45, 7) is 0. The molecular weight excluding hydrogens is 540 g/mol. The monoisotopic (exact) mass is 560 g/mol. The number of phenolic OH excluding ortho intramolecular Hbond substituents is 1. The molecule has 0 saturated heterocycles. The molecule has 0 aliphatic heterocycles. The zero-order valence-electron chi connectivity index (χ0n) is 20.0. The molecule has 0 spiro atoms. The average Bonchev–Trinajstić information content (AvgIpc) is 3.51. The number of halogens is 1. The van der Waals surface area contributed by atoms with Crippen molar-refractivity contribution in [2.24, 2.45) is 5.10 Å². The highest BCUT2D eigenvalue weighted by molar-refractivity contribution is 7.99. The minimum absolute atomic E-state index is 0.00448. The van der Waals surface area contributed by atoms with Crippen molar-refractivity contribution in [1.29, 1.82) is 0 Å². The molecule has 190 valence electrons. The maximum atomic E-state index is 13.7. The van der Waals surface area contributed by atoms with Gasteiger partial charge < -0.3 is 5.11 Å². The summed E-state index contributed by atoms with van der Waals surface area (Å²) in [7, 11) is 0. The van der Waals surface area contributed by atoms with E-state index in [0.717, 1.165) is 35.6 Å². The predicted octanol–water partition coefficient (Wildman–Crippen LogP) is 5.69. The number of nitrogens with one attached hydrogen (secondary N) is 1. The summed E-state index contributed by atoms with van der Waals surface area (Å²) >= 11 is 8.81. The number of hydrogen-bond acceptors (Lipinski definition) is 7. The molecule has 7 nitrogen and oxygen atoms in total. The number of aryl methyl sites for hydroxylation is 2. The number of aromatic nitrogens is 2. The SMILES string of the molecule is O=C(CSc1nc2sc3c(c2c(=O)n1-c1ccc(Cl)cc1)CCC3)NN=Cc1c(O)ccc2ccccc12. The predicted molar refractivity (Wildman–Crippen MR) is 154 cm³/mol. The van der Waals surface area contributed by atoms with Gasteiger partial charge in [0.25, 0.3) is 11.5 Å². The topological polar surface area (TPSA) is 96.6 Å². The van der Waals surface area contributed by atoms with Crippen LogP contribution >= 0.6 is 34.7 Å². The van der Waals surface area contributed by atoms with E-state index in [2.05, 4.69) is 10.5 Å². The molecule has 0 fully saturated rings. The molecular formula is C28H21ClN4O3S2. The van der Waals surface area contributed by atoms with Crippen molar-refractivity contribution >= 4 is 67.8 Å². The second kappa shape index (κ2) is 10.2. The summed E-state index contributed by atoms with van der Waals surface area (Å²) in [5, 5.41) is 17.8. The summed E-state index contributed by atoms with van der Waals surface area (Å²) in [6.07, 6.45) is 4.32. The maximum Gasteiger partial charge on any atom is 0.267 e.